The first-order valence-corrected chi connectivity index (χ1v) is 11.9. The van der Waals surface area contributed by atoms with Crippen molar-refractivity contribution in [3.8, 4) is 5.75 Å². The van der Waals surface area contributed by atoms with Crippen molar-refractivity contribution in [2.24, 2.45) is 0 Å². The minimum absolute atomic E-state index is 0.0427. The summed E-state index contributed by atoms with van der Waals surface area (Å²) in [4.78, 5) is 15.4. The van der Waals surface area contributed by atoms with Crippen LogP contribution in [0.3, 0.4) is 0 Å². The molecule has 0 saturated carbocycles. The molecule has 0 spiro atoms. The van der Waals surface area contributed by atoms with Crippen LogP contribution in [0.25, 0.3) is 22.6 Å². The van der Waals surface area contributed by atoms with E-state index in [2.05, 4.69) is 22.9 Å². The molecule has 4 aromatic carbocycles. The highest BCUT2D eigenvalue weighted by Gasteiger charge is 2.33. The Morgan fingerprint density at radius 3 is 2.36 bits per heavy atom. The van der Waals surface area contributed by atoms with Crippen molar-refractivity contribution < 1.29 is 13.9 Å². The molecule has 1 aromatic heterocycles. The maximum absolute atomic E-state index is 13.7. The molecule has 0 unspecified atom stereocenters. The quantitative estimate of drug-likeness (QED) is 0.247. The lowest BCUT2D eigenvalue weighted by Gasteiger charge is -2.16. The third kappa shape index (κ3) is 3.95. The van der Waals surface area contributed by atoms with Gasteiger partial charge in [0.1, 0.15) is 18.2 Å². The zero-order chi connectivity index (χ0) is 24.5. The summed E-state index contributed by atoms with van der Waals surface area (Å²) in [6.07, 6.45) is 4.05. The Morgan fingerprint density at radius 2 is 1.53 bits per heavy atom. The van der Waals surface area contributed by atoms with Gasteiger partial charge in [0.05, 0.1) is 17.8 Å². The number of carbonyl (C=O) groups excluding carboxylic acids is 1. The largest absolute Gasteiger partial charge is 0.492 e. The third-order valence-corrected chi connectivity index (χ3v) is 6.42. The van der Waals surface area contributed by atoms with Crippen LogP contribution >= 0.6 is 0 Å². The monoisotopic (exact) mass is 474 g/mol. The number of hydrogen-bond acceptors (Lipinski definition) is 2. The summed E-state index contributed by atoms with van der Waals surface area (Å²) < 4.78 is 21.1. The average Bonchev–Trinajstić information content (AvgIpc) is 3.40. The van der Waals surface area contributed by atoms with Crippen LogP contribution in [-0.4, -0.2) is 17.1 Å². The molecule has 0 saturated heterocycles. The molecule has 0 aliphatic carbocycles. The van der Waals surface area contributed by atoms with Crippen LogP contribution in [0.15, 0.2) is 109 Å². The van der Waals surface area contributed by atoms with E-state index in [-0.39, 0.29) is 11.7 Å². The highest BCUT2D eigenvalue weighted by molar-refractivity contribution is 6.38. The van der Waals surface area contributed by atoms with E-state index in [1.54, 1.807) is 17.0 Å². The van der Waals surface area contributed by atoms with Crippen molar-refractivity contribution >= 4 is 39.8 Å². The first kappa shape index (κ1) is 21.9. The van der Waals surface area contributed by atoms with Gasteiger partial charge in [-0.15, -0.1) is 0 Å². The van der Waals surface area contributed by atoms with Crippen molar-refractivity contribution in [1.82, 2.24) is 4.57 Å². The van der Waals surface area contributed by atoms with E-state index in [0.717, 1.165) is 33.4 Å². The third-order valence-electron chi connectivity index (χ3n) is 6.42. The second kappa shape index (κ2) is 9.19. The number of ether oxygens (including phenoxy) is 1. The number of nitrogens with zero attached hydrogens (tertiary/aromatic N) is 2. The summed E-state index contributed by atoms with van der Waals surface area (Å²) in [5, 5.41) is 1.07. The van der Waals surface area contributed by atoms with Crippen LogP contribution in [-0.2, 0) is 11.3 Å². The molecule has 0 N–H and O–H groups in total. The first-order valence-electron chi connectivity index (χ1n) is 11.9. The lowest BCUT2D eigenvalue weighted by Crippen LogP contribution is -2.20. The topological polar surface area (TPSA) is 34.5 Å². The van der Waals surface area contributed by atoms with Crippen molar-refractivity contribution in [3.63, 3.8) is 0 Å². The molecule has 1 aliphatic heterocycles. The van der Waals surface area contributed by atoms with Gasteiger partial charge in [0.2, 0.25) is 0 Å². The highest BCUT2D eigenvalue weighted by atomic mass is 19.1. The van der Waals surface area contributed by atoms with E-state index in [0.29, 0.717) is 24.5 Å². The van der Waals surface area contributed by atoms with Crippen LogP contribution in [0.4, 0.5) is 15.8 Å². The zero-order valence-corrected chi connectivity index (χ0v) is 19.5. The van der Waals surface area contributed by atoms with E-state index in [1.807, 2.05) is 72.8 Å². The molecule has 1 aliphatic rings. The highest BCUT2D eigenvalue weighted by Crippen LogP contribution is 2.42. The second-order valence-corrected chi connectivity index (χ2v) is 8.65. The lowest BCUT2D eigenvalue weighted by molar-refractivity contribution is -0.112. The first-order chi connectivity index (χ1) is 17.7. The molecule has 0 fully saturated rings. The minimum Gasteiger partial charge on any atom is -0.492 e. The number of aromatic nitrogens is 1. The molecular formula is C31H23FN2O2. The van der Waals surface area contributed by atoms with Gasteiger partial charge in [-0.25, -0.2) is 4.39 Å². The van der Waals surface area contributed by atoms with Gasteiger partial charge in [0.25, 0.3) is 5.91 Å². The van der Waals surface area contributed by atoms with Crippen LogP contribution in [0.2, 0.25) is 0 Å². The van der Waals surface area contributed by atoms with Gasteiger partial charge in [0, 0.05) is 33.9 Å². The van der Waals surface area contributed by atoms with Crippen molar-refractivity contribution in [1.29, 1.82) is 0 Å². The summed E-state index contributed by atoms with van der Waals surface area (Å²) in [5.74, 6) is 0.300. The lowest BCUT2D eigenvalue weighted by atomic mass is 10.0. The molecule has 5 heteroatoms. The molecule has 0 bridgehead atoms. The number of carbonyl (C=O) groups is 1. The number of para-hydroxylation sites is 3. The van der Waals surface area contributed by atoms with Crippen LogP contribution in [0, 0.1) is 5.82 Å². The summed E-state index contributed by atoms with van der Waals surface area (Å²) >= 11 is 0. The standard InChI is InChI=1S/C31H23FN2O2/c32-23-14-16-25(17-15-23)36-19-18-33-21-22(26-10-4-6-12-29(26)33)20-28-27-11-5-7-13-30(27)34(31(28)35)24-8-2-1-3-9-24/h1-17,20-21H,18-19H2. The van der Waals surface area contributed by atoms with Crippen molar-refractivity contribution in [2.75, 3.05) is 11.5 Å². The number of halogens is 1. The van der Waals surface area contributed by atoms with Crippen LogP contribution in [0.1, 0.15) is 11.1 Å². The maximum Gasteiger partial charge on any atom is 0.263 e. The van der Waals surface area contributed by atoms with Crippen molar-refractivity contribution in [3.05, 3.63) is 126 Å². The minimum atomic E-state index is -0.287. The number of hydrogen-bond donors (Lipinski definition) is 0. The van der Waals surface area contributed by atoms with Gasteiger partial charge in [-0.3, -0.25) is 9.69 Å². The summed E-state index contributed by atoms with van der Waals surface area (Å²) in [6, 6.07) is 31.8. The number of fused-ring (bicyclic) bond motifs is 2. The van der Waals surface area contributed by atoms with E-state index in [1.165, 1.54) is 12.1 Å². The summed E-state index contributed by atoms with van der Waals surface area (Å²) in [7, 11) is 0. The SMILES string of the molecule is O=C1C(=Cc2cn(CCOc3ccc(F)cc3)c3ccccc23)c2ccccc2N1c1ccccc1. The average molecular weight is 475 g/mol. The maximum atomic E-state index is 13.7. The molecule has 1 amide bonds. The van der Waals surface area contributed by atoms with Gasteiger partial charge < -0.3 is 9.30 Å². The Balaban J connectivity index is 1.35. The number of rotatable bonds is 6. The zero-order valence-electron chi connectivity index (χ0n) is 19.5. The Hall–Kier alpha value is -4.64. The molecule has 6 rings (SSSR count). The van der Waals surface area contributed by atoms with Gasteiger partial charge in [-0.05, 0) is 54.6 Å². The molecule has 36 heavy (non-hydrogen) atoms. The molecule has 4 nitrogen and oxygen atoms in total. The number of anilines is 2. The van der Waals surface area contributed by atoms with E-state index >= 15 is 0 Å². The van der Waals surface area contributed by atoms with Gasteiger partial charge in [-0.1, -0.05) is 54.6 Å². The summed E-state index contributed by atoms with van der Waals surface area (Å²) in [5.41, 5.74) is 5.35. The summed E-state index contributed by atoms with van der Waals surface area (Å²) in [6.45, 7) is 1.05. The fourth-order valence-corrected chi connectivity index (χ4v) is 4.74. The van der Waals surface area contributed by atoms with E-state index in [9.17, 15) is 9.18 Å². The predicted octanol–water partition coefficient (Wildman–Crippen LogP) is 7.08. The molecule has 0 atom stereocenters. The van der Waals surface area contributed by atoms with E-state index < -0.39 is 0 Å². The fraction of sp³-hybridized carbons (Fsp3) is 0.0645. The van der Waals surface area contributed by atoms with Gasteiger partial charge in [-0.2, -0.15) is 0 Å². The Bertz CT molecular complexity index is 1590. The number of benzene rings is 4. The second-order valence-electron chi connectivity index (χ2n) is 8.65. The molecule has 2 heterocycles. The Morgan fingerprint density at radius 1 is 0.806 bits per heavy atom. The normalized spacial score (nSPS) is 14.0. The smallest absolute Gasteiger partial charge is 0.263 e. The molecule has 176 valence electrons. The Kier molecular flexibility index (Phi) is 5.58. The van der Waals surface area contributed by atoms with Crippen molar-refractivity contribution in [2.45, 2.75) is 6.54 Å². The van der Waals surface area contributed by atoms with Crippen LogP contribution in [0.5, 0.6) is 5.75 Å². The van der Waals surface area contributed by atoms with Gasteiger partial charge in [0.15, 0.2) is 0 Å². The molecular weight excluding hydrogens is 451 g/mol. The van der Waals surface area contributed by atoms with E-state index in [4.69, 9.17) is 4.74 Å². The van der Waals surface area contributed by atoms with Crippen LogP contribution < -0.4 is 9.64 Å². The molecule has 0 radical (unpaired) electrons. The predicted molar refractivity (Wildman–Crippen MR) is 142 cm³/mol. The van der Waals surface area contributed by atoms with Gasteiger partial charge >= 0.3 is 0 Å². The molecule has 5 aromatic rings. The number of amides is 1. The Labute approximate surface area is 208 Å². The fourth-order valence-electron chi connectivity index (χ4n) is 4.74.